The molecule has 3 aliphatic carbocycles. The molecule has 2 bridgehead atoms. The first-order valence-electron chi connectivity index (χ1n) is 7.65. The Balaban J connectivity index is 1.66. The first-order chi connectivity index (χ1) is 10.3. The van der Waals surface area contributed by atoms with Gasteiger partial charge in [-0.3, -0.25) is 0 Å². The predicted molar refractivity (Wildman–Crippen MR) is 78.3 cm³/mol. The summed E-state index contributed by atoms with van der Waals surface area (Å²) in [6.45, 7) is 0. The lowest BCUT2D eigenvalue weighted by Crippen LogP contribution is -2.08. The van der Waals surface area contributed by atoms with Crippen molar-refractivity contribution in [2.75, 3.05) is 7.11 Å². The zero-order chi connectivity index (χ0) is 14.1. The van der Waals surface area contributed by atoms with E-state index in [0.29, 0.717) is 17.8 Å². The normalized spacial score (nSPS) is 36.2. The van der Waals surface area contributed by atoms with Crippen LogP contribution in [0.3, 0.4) is 0 Å². The van der Waals surface area contributed by atoms with E-state index in [4.69, 9.17) is 16.3 Å². The summed E-state index contributed by atoms with van der Waals surface area (Å²) in [5, 5.41) is 0. The van der Waals surface area contributed by atoms with Crippen LogP contribution in [0.4, 0.5) is 0 Å². The van der Waals surface area contributed by atoms with Gasteiger partial charge in [-0.15, -0.1) is 11.6 Å². The van der Waals surface area contributed by atoms with Crippen molar-refractivity contribution < 1.29 is 4.74 Å². The van der Waals surface area contributed by atoms with Crippen LogP contribution >= 0.6 is 11.6 Å². The molecule has 110 valence electrons. The molecule has 2 aromatic heterocycles. The summed E-state index contributed by atoms with van der Waals surface area (Å²) in [7, 11) is 1.62. The molecule has 0 radical (unpaired) electrons. The van der Waals surface area contributed by atoms with Crippen molar-refractivity contribution in [2.45, 2.75) is 31.2 Å². The molecule has 3 fully saturated rings. The highest BCUT2D eigenvalue weighted by molar-refractivity contribution is 6.16. The van der Waals surface area contributed by atoms with Gasteiger partial charge in [0.25, 0.3) is 0 Å². The Hall–Kier alpha value is -1.36. The van der Waals surface area contributed by atoms with Gasteiger partial charge in [-0.05, 0) is 42.9 Å². The second kappa shape index (κ2) is 4.09. The molecule has 21 heavy (non-hydrogen) atoms. The lowest BCUT2D eigenvalue weighted by atomic mass is 10.0. The first kappa shape index (κ1) is 12.2. The van der Waals surface area contributed by atoms with Crippen molar-refractivity contribution in [3.63, 3.8) is 0 Å². The Morgan fingerprint density at radius 1 is 1.29 bits per heavy atom. The summed E-state index contributed by atoms with van der Waals surface area (Å²) < 4.78 is 7.60. The number of rotatable bonds is 3. The summed E-state index contributed by atoms with van der Waals surface area (Å²) >= 11 is 6.14. The van der Waals surface area contributed by atoms with E-state index in [0.717, 1.165) is 40.7 Å². The van der Waals surface area contributed by atoms with Crippen molar-refractivity contribution in [2.24, 2.45) is 23.7 Å². The molecular weight excluding hydrogens is 288 g/mol. The van der Waals surface area contributed by atoms with Crippen molar-refractivity contribution >= 4 is 22.8 Å². The molecule has 0 N–H and O–H groups in total. The standard InChI is InChI=1S/C15H17ClN4O/c1-21-15-12-14(17-6-18-15)20(9(5-16)19-12)13-10-7-2-3-8(4-7)11(10)13/h6-8,10-11,13H,2-5H2,1H3. The van der Waals surface area contributed by atoms with Crippen LogP contribution in [-0.4, -0.2) is 26.6 Å². The number of methoxy groups -OCH3 is 1. The molecule has 5 rings (SSSR count). The van der Waals surface area contributed by atoms with Crippen molar-refractivity contribution in [3.8, 4) is 5.88 Å². The molecule has 3 aliphatic rings. The lowest BCUT2D eigenvalue weighted by Gasteiger charge is -2.12. The fourth-order valence-corrected chi connectivity index (χ4v) is 5.30. The Kier molecular flexibility index (Phi) is 2.38. The summed E-state index contributed by atoms with van der Waals surface area (Å²) in [6.07, 6.45) is 5.81. The van der Waals surface area contributed by atoms with Gasteiger partial charge in [0.05, 0.1) is 13.0 Å². The van der Waals surface area contributed by atoms with E-state index in [2.05, 4.69) is 19.5 Å². The first-order valence-corrected chi connectivity index (χ1v) is 8.18. The third kappa shape index (κ3) is 1.45. The second-order valence-corrected chi connectivity index (χ2v) is 6.83. The minimum Gasteiger partial charge on any atom is -0.479 e. The van der Waals surface area contributed by atoms with E-state index >= 15 is 0 Å². The van der Waals surface area contributed by atoms with Gasteiger partial charge in [0.15, 0.2) is 11.2 Å². The molecule has 3 saturated carbocycles. The van der Waals surface area contributed by atoms with Crippen LogP contribution in [0, 0.1) is 23.7 Å². The van der Waals surface area contributed by atoms with Gasteiger partial charge in [-0.1, -0.05) is 0 Å². The van der Waals surface area contributed by atoms with Gasteiger partial charge in [0.1, 0.15) is 12.2 Å². The Labute approximate surface area is 127 Å². The van der Waals surface area contributed by atoms with E-state index < -0.39 is 0 Å². The molecule has 2 aromatic rings. The number of hydrogen-bond donors (Lipinski definition) is 0. The smallest absolute Gasteiger partial charge is 0.245 e. The van der Waals surface area contributed by atoms with Gasteiger partial charge in [0.2, 0.25) is 5.88 Å². The average molecular weight is 305 g/mol. The van der Waals surface area contributed by atoms with Crippen LogP contribution in [0.1, 0.15) is 31.1 Å². The van der Waals surface area contributed by atoms with Crippen LogP contribution in [0.5, 0.6) is 5.88 Å². The van der Waals surface area contributed by atoms with Crippen LogP contribution in [0.25, 0.3) is 11.2 Å². The van der Waals surface area contributed by atoms with Crippen LogP contribution < -0.4 is 4.74 Å². The lowest BCUT2D eigenvalue weighted by molar-refractivity contribution is 0.401. The van der Waals surface area contributed by atoms with Gasteiger partial charge in [0, 0.05) is 6.04 Å². The topological polar surface area (TPSA) is 52.8 Å². The fourth-order valence-electron chi connectivity index (χ4n) is 5.11. The summed E-state index contributed by atoms with van der Waals surface area (Å²) in [5.74, 6) is 5.32. The predicted octanol–water partition coefficient (Wildman–Crippen LogP) is 2.79. The molecule has 0 aromatic carbocycles. The average Bonchev–Trinajstić information content (AvgIpc) is 2.89. The molecular formula is C15H17ClN4O. The summed E-state index contributed by atoms with van der Waals surface area (Å²) in [5.41, 5.74) is 1.63. The molecule has 0 aliphatic heterocycles. The number of alkyl halides is 1. The van der Waals surface area contributed by atoms with Gasteiger partial charge < -0.3 is 9.30 Å². The van der Waals surface area contributed by atoms with Crippen molar-refractivity contribution in [1.29, 1.82) is 0 Å². The van der Waals surface area contributed by atoms with Gasteiger partial charge >= 0.3 is 0 Å². The maximum absolute atomic E-state index is 6.14. The van der Waals surface area contributed by atoms with E-state index in [1.54, 1.807) is 13.4 Å². The van der Waals surface area contributed by atoms with Gasteiger partial charge in [-0.25, -0.2) is 9.97 Å². The number of nitrogens with zero attached hydrogens (tertiary/aromatic N) is 4. The third-order valence-corrected chi connectivity index (χ3v) is 6.06. The quantitative estimate of drug-likeness (QED) is 0.818. The molecule has 0 amide bonds. The highest BCUT2D eigenvalue weighted by Gasteiger charge is 2.66. The summed E-state index contributed by atoms with van der Waals surface area (Å²) in [4.78, 5) is 13.3. The van der Waals surface area contributed by atoms with E-state index in [1.165, 1.54) is 19.3 Å². The van der Waals surface area contributed by atoms with Crippen molar-refractivity contribution in [3.05, 3.63) is 12.2 Å². The molecule has 6 heteroatoms. The number of hydrogen-bond acceptors (Lipinski definition) is 4. The molecule has 4 atom stereocenters. The summed E-state index contributed by atoms with van der Waals surface area (Å²) in [6, 6.07) is 0.551. The van der Waals surface area contributed by atoms with Gasteiger partial charge in [-0.2, -0.15) is 4.98 Å². The van der Waals surface area contributed by atoms with E-state index in [-0.39, 0.29) is 0 Å². The van der Waals surface area contributed by atoms with Crippen molar-refractivity contribution in [1.82, 2.24) is 19.5 Å². The zero-order valence-corrected chi connectivity index (χ0v) is 12.6. The maximum atomic E-state index is 6.14. The molecule has 4 unspecified atom stereocenters. The van der Waals surface area contributed by atoms with Crippen LogP contribution in [0.15, 0.2) is 6.33 Å². The molecule has 0 saturated heterocycles. The Bertz CT molecular complexity index is 714. The Morgan fingerprint density at radius 2 is 2.05 bits per heavy atom. The SMILES string of the molecule is COc1ncnc2c1nc(CCl)n2C1C2C3CCC(C3)C21. The third-order valence-electron chi connectivity index (χ3n) is 5.82. The largest absolute Gasteiger partial charge is 0.479 e. The number of ether oxygens (including phenoxy) is 1. The van der Waals surface area contributed by atoms with E-state index in [1.807, 2.05) is 0 Å². The molecule has 2 heterocycles. The van der Waals surface area contributed by atoms with Crippen LogP contribution in [0.2, 0.25) is 0 Å². The number of aromatic nitrogens is 4. The number of imidazole rings is 1. The number of fused-ring (bicyclic) bond motifs is 6. The minimum atomic E-state index is 0.408. The molecule has 5 nitrogen and oxygen atoms in total. The minimum absolute atomic E-state index is 0.408. The Morgan fingerprint density at radius 3 is 2.71 bits per heavy atom. The fraction of sp³-hybridized carbons (Fsp3) is 0.667. The highest BCUT2D eigenvalue weighted by atomic mass is 35.5. The monoisotopic (exact) mass is 304 g/mol. The number of halogens is 1. The maximum Gasteiger partial charge on any atom is 0.245 e. The highest BCUT2D eigenvalue weighted by Crippen LogP contribution is 2.72. The second-order valence-electron chi connectivity index (χ2n) is 6.57. The zero-order valence-electron chi connectivity index (χ0n) is 11.9. The molecule has 0 spiro atoms. The van der Waals surface area contributed by atoms with E-state index in [9.17, 15) is 0 Å². The van der Waals surface area contributed by atoms with Crippen LogP contribution in [-0.2, 0) is 5.88 Å².